The largest absolute Gasteiger partial charge is 0.493 e. The molecule has 0 bridgehead atoms. The average Bonchev–Trinajstić information content (AvgIpc) is 2.56. The van der Waals surface area contributed by atoms with E-state index in [0.717, 1.165) is 0 Å². The van der Waals surface area contributed by atoms with Gasteiger partial charge in [0.15, 0.2) is 0 Å². The van der Waals surface area contributed by atoms with Gasteiger partial charge in [0, 0.05) is 19.4 Å². The Hall–Kier alpha value is -1.58. The Morgan fingerprint density at radius 3 is 2.18 bits per heavy atom. The van der Waals surface area contributed by atoms with Gasteiger partial charge in [-0.05, 0) is 49.3 Å². The molecule has 0 radical (unpaired) electrons. The molecular formula is C18H21F8NO. The Morgan fingerprint density at radius 2 is 1.61 bits per heavy atom. The summed E-state index contributed by atoms with van der Waals surface area (Å²) in [6.45, 7) is -0.955. The lowest BCUT2D eigenvalue weighted by Crippen LogP contribution is -2.48. The summed E-state index contributed by atoms with van der Waals surface area (Å²) in [6, 6.07) is 6.33. The second-order valence-electron chi connectivity index (χ2n) is 6.95. The van der Waals surface area contributed by atoms with E-state index in [2.05, 4.69) is 0 Å². The van der Waals surface area contributed by atoms with Crippen molar-refractivity contribution in [3.05, 3.63) is 29.8 Å². The molecule has 0 unspecified atom stereocenters. The molecule has 1 aliphatic carbocycles. The summed E-state index contributed by atoms with van der Waals surface area (Å²) in [7, 11) is 0. The summed E-state index contributed by atoms with van der Waals surface area (Å²) in [6.07, 6.45) is -11.0. The van der Waals surface area contributed by atoms with Crippen LogP contribution in [0, 0.1) is 5.92 Å². The maximum absolute atomic E-state index is 13.1. The highest BCUT2D eigenvalue weighted by Gasteiger charge is 2.53. The van der Waals surface area contributed by atoms with Gasteiger partial charge in [0.25, 0.3) is 0 Å². The summed E-state index contributed by atoms with van der Waals surface area (Å²) >= 11 is 0. The Bertz CT molecular complexity index is 605. The lowest BCUT2D eigenvalue weighted by atomic mass is 9.87. The SMILES string of the molecule is FC1(F)CCC(COc2cccc(CCCN(C(F)(F)F)C(F)(F)F)c2)CC1. The molecule has 0 atom stereocenters. The summed E-state index contributed by atoms with van der Waals surface area (Å²) in [5.74, 6) is -2.22. The molecule has 0 N–H and O–H groups in total. The molecule has 0 spiro atoms. The monoisotopic (exact) mass is 419 g/mol. The minimum absolute atomic E-state index is 0.00425. The fourth-order valence-electron chi connectivity index (χ4n) is 3.11. The lowest BCUT2D eigenvalue weighted by molar-refractivity contribution is -0.372. The third-order valence-electron chi connectivity index (χ3n) is 4.68. The molecule has 28 heavy (non-hydrogen) atoms. The molecular weight excluding hydrogens is 398 g/mol. The minimum Gasteiger partial charge on any atom is -0.493 e. The highest BCUT2D eigenvalue weighted by Crippen LogP contribution is 2.36. The molecule has 0 amide bonds. The molecule has 0 aliphatic heterocycles. The third kappa shape index (κ3) is 7.10. The molecule has 0 heterocycles. The molecule has 1 aromatic carbocycles. The zero-order chi connectivity index (χ0) is 21.0. The maximum atomic E-state index is 13.1. The summed E-state index contributed by atoms with van der Waals surface area (Å²) in [4.78, 5) is -1.45. The number of alkyl halides is 8. The van der Waals surface area contributed by atoms with Gasteiger partial charge in [-0.3, -0.25) is 0 Å². The number of ether oxygens (including phenoxy) is 1. The van der Waals surface area contributed by atoms with E-state index >= 15 is 0 Å². The van der Waals surface area contributed by atoms with Crippen molar-refractivity contribution in [2.75, 3.05) is 13.2 Å². The van der Waals surface area contributed by atoms with Crippen molar-refractivity contribution in [2.45, 2.75) is 57.0 Å². The van der Waals surface area contributed by atoms with E-state index in [9.17, 15) is 35.1 Å². The van der Waals surface area contributed by atoms with E-state index < -0.39 is 30.0 Å². The highest BCUT2D eigenvalue weighted by molar-refractivity contribution is 5.28. The first kappa shape index (κ1) is 22.7. The van der Waals surface area contributed by atoms with E-state index in [-0.39, 0.29) is 38.2 Å². The van der Waals surface area contributed by atoms with Crippen LogP contribution in [-0.4, -0.2) is 36.6 Å². The molecule has 10 heteroatoms. The van der Waals surface area contributed by atoms with E-state index in [4.69, 9.17) is 4.74 Å². The van der Waals surface area contributed by atoms with Crippen LogP contribution in [0.4, 0.5) is 35.1 Å². The van der Waals surface area contributed by atoms with Crippen LogP contribution < -0.4 is 4.74 Å². The smallest absolute Gasteiger partial charge is 0.467 e. The summed E-state index contributed by atoms with van der Waals surface area (Å²) in [5, 5.41) is 0. The molecule has 1 saturated carbocycles. The fraction of sp³-hybridized carbons (Fsp3) is 0.667. The van der Waals surface area contributed by atoms with Crippen molar-refractivity contribution < 1.29 is 39.9 Å². The van der Waals surface area contributed by atoms with Gasteiger partial charge >= 0.3 is 12.6 Å². The molecule has 1 aliphatic rings. The molecule has 2 nitrogen and oxygen atoms in total. The number of nitrogens with zero attached hydrogens (tertiary/aromatic N) is 1. The van der Waals surface area contributed by atoms with Gasteiger partial charge in [0.05, 0.1) is 6.61 Å². The minimum atomic E-state index is -5.49. The van der Waals surface area contributed by atoms with Crippen LogP contribution in [0.5, 0.6) is 5.75 Å². The van der Waals surface area contributed by atoms with Crippen LogP contribution in [-0.2, 0) is 6.42 Å². The molecule has 0 aromatic heterocycles. The van der Waals surface area contributed by atoms with E-state index in [1.165, 1.54) is 0 Å². The first-order chi connectivity index (χ1) is 12.9. The Balaban J connectivity index is 1.83. The lowest BCUT2D eigenvalue weighted by Gasteiger charge is -2.28. The molecule has 1 fully saturated rings. The summed E-state index contributed by atoms with van der Waals surface area (Å²) in [5.41, 5.74) is 0.539. The Morgan fingerprint density at radius 1 is 1.00 bits per heavy atom. The van der Waals surface area contributed by atoms with Gasteiger partial charge < -0.3 is 4.74 Å². The van der Waals surface area contributed by atoms with Crippen molar-refractivity contribution in [1.29, 1.82) is 0 Å². The second-order valence-corrected chi connectivity index (χ2v) is 6.95. The van der Waals surface area contributed by atoms with Crippen molar-refractivity contribution >= 4 is 0 Å². The first-order valence-corrected chi connectivity index (χ1v) is 8.87. The van der Waals surface area contributed by atoms with Crippen LogP contribution in [0.3, 0.4) is 0 Å². The quantitative estimate of drug-likeness (QED) is 0.387. The number of rotatable bonds is 7. The van der Waals surface area contributed by atoms with Gasteiger partial charge in [-0.1, -0.05) is 12.1 Å². The summed E-state index contributed by atoms with van der Waals surface area (Å²) < 4.78 is 107. The highest BCUT2D eigenvalue weighted by atomic mass is 19.4. The van der Waals surface area contributed by atoms with Crippen molar-refractivity contribution in [2.24, 2.45) is 5.92 Å². The van der Waals surface area contributed by atoms with Gasteiger partial charge in [-0.15, -0.1) is 4.90 Å². The molecule has 2 rings (SSSR count). The normalized spacial score (nSPS) is 18.5. The number of hydrogen-bond acceptors (Lipinski definition) is 2. The van der Waals surface area contributed by atoms with Gasteiger partial charge in [0.2, 0.25) is 5.92 Å². The standard InChI is InChI=1S/C18H21F8NO/c19-16(20)8-6-14(7-9-16)12-28-15-5-1-3-13(11-15)4-2-10-27(17(21,22)23)18(24,25)26/h1,3,5,11,14H,2,4,6-10,12H2. The van der Waals surface area contributed by atoms with Gasteiger partial charge in [-0.25, -0.2) is 8.78 Å². The Kier molecular flexibility index (Phi) is 7.17. The van der Waals surface area contributed by atoms with Crippen molar-refractivity contribution in [3.63, 3.8) is 0 Å². The number of halogens is 8. The molecule has 160 valence electrons. The third-order valence-corrected chi connectivity index (χ3v) is 4.68. The van der Waals surface area contributed by atoms with E-state index in [1.54, 1.807) is 24.3 Å². The van der Waals surface area contributed by atoms with Crippen LogP contribution in [0.1, 0.15) is 37.7 Å². The Labute approximate surface area is 157 Å². The van der Waals surface area contributed by atoms with Crippen LogP contribution >= 0.6 is 0 Å². The van der Waals surface area contributed by atoms with Gasteiger partial charge in [-0.2, -0.15) is 26.3 Å². The fourth-order valence-corrected chi connectivity index (χ4v) is 3.11. The van der Waals surface area contributed by atoms with Crippen LogP contribution in [0.25, 0.3) is 0 Å². The van der Waals surface area contributed by atoms with E-state index in [0.29, 0.717) is 24.2 Å². The molecule has 1 aromatic rings. The average molecular weight is 419 g/mol. The number of hydrogen-bond donors (Lipinski definition) is 0. The van der Waals surface area contributed by atoms with Gasteiger partial charge in [0.1, 0.15) is 5.75 Å². The van der Waals surface area contributed by atoms with Crippen molar-refractivity contribution in [1.82, 2.24) is 4.90 Å². The van der Waals surface area contributed by atoms with E-state index in [1.807, 2.05) is 0 Å². The second kappa shape index (κ2) is 8.84. The topological polar surface area (TPSA) is 12.5 Å². The van der Waals surface area contributed by atoms with Crippen LogP contribution in [0.2, 0.25) is 0 Å². The predicted octanol–water partition coefficient (Wildman–Crippen LogP) is 6.17. The molecule has 0 saturated heterocycles. The number of aryl methyl sites for hydroxylation is 1. The van der Waals surface area contributed by atoms with Crippen molar-refractivity contribution in [3.8, 4) is 5.75 Å². The predicted molar refractivity (Wildman–Crippen MR) is 86.0 cm³/mol. The zero-order valence-corrected chi connectivity index (χ0v) is 14.9. The zero-order valence-electron chi connectivity index (χ0n) is 14.9. The first-order valence-electron chi connectivity index (χ1n) is 8.87. The van der Waals surface area contributed by atoms with Crippen LogP contribution in [0.15, 0.2) is 24.3 Å². The number of benzene rings is 1. The maximum Gasteiger partial charge on any atom is 0.467 e.